The third-order valence-electron chi connectivity index (χ3n) is 6.36. The quantitative estimate of drug-likeness (QED) is 0.222. The molecule has 3 aromatic rings. The van der Waals surface area contributed by atoms with Gasteiger partial charge in [-0.15, -0.1) is 0 Å². The van der Waals surface area contributed by atoms with Crippen LogP contribution in [0.4, 0.5) is 26.7 Å². The molecule has 0 unspecified atom stereocenters. The number of nitrogens with zero attached hydrogens (tertiary/aromatic N) is 2. The number of nitrogens with one attached hydrogen (secondary N) is 3. The maximum atomic E-state index is 13.3. The Labute approximate surface area is 259 Å². The molecule has 44 heavy (non-hydrogen) atoms. The van der Waals surface area contributed by atoms with E-state index in [1.165, 1.54) is 0 Å². The Morgan fingerprint density at radius 1 is 0.773 bits per heavy atom. The van der Waals surface area contributed by atoms with Crippen LogP contribution in [-0.2, 0) is 11.3 Å². The number of methoxy groups -OCH3 is 2. The van der Waals surface area contributed by atoms with E-state index < -0.39 is 11.7 Å². The number of benzene rings is 3. The van der Waals surface area contributed by atoms with Crippen LogP contribution in [-0.4, -0.2) is 74.8 Å². The molecule has 0 fully saturated rings. The highest BCUT2D eigenvalue weighted by molar-refractivity contribution is 6.06. The van der Waals surface area contributed by atoms with E-state index in [0.717, 1.165) is 18.5 Å². The summed E-state index contributed by atoms with van der Waals surface area (Å²) in [5.41, 5.74) is 2.07. The molecule has 0 bridgehead atoms. The second kappa shape index (κ2) is 15.6. The monoisotopic (exact) mass is 605 g/mol. The summed E-state index contributed by atoms with van der Waals surface area (Å²) >= 11 is 0. The van der Waals surface area contributed by atoms with Crippen LogP contribution in [0, 0.1) is 0 Å². The molecule has 0 aromatic heterocycles. The topological polar surface area (TPSA) is 121 Å². The summed E-state index contributed by atoms with van der Waals surface area (Å²) in [4.78, 5) is 42.5. The first-order chi connectivity index (χ1) is 20.9. The second-order valence-electron chi connectivity index (χ2n) is 11.4. The van der Waals surface area contributed by atoms with Gasteiger partial charge in [-0.3, -0.25) is 10.1 Å². The Bertz CT molecular complexity index is 1420. The molecule has 0 spiro atoms. The molecule has 0 aliphatic heterocycles. The van der Waals surface area contributed by atoms with E-state index in [2.05, 4.69) is 20.9 Å². The van der Waals surface area contributed by atoms with Crippen molar-refractivity contribution in [1.29, 1.82) is 0 Å². The Kier molecular flexibility index (Phi) is 12.0. The van der Waals surface area contributed by atoms with Crippen molar-refractivity contribution in [3.8, 4) is 11.5 Å². The molecular weight excluding hydrogens is 562 g/mol. The van der Waals surface area contributed by atoms with Gasteiger partial charge in [-0.1, -0.05) is 24.3 Å². The second-order valence-corrected chi connectivity index (χ2v) is 11.4. The first-order valence-electron chi connectivity index (χ1n) is 14.3. The molecule has 11 nitrogen and oxygen atoms in total. The van der Waals surface area contributed by atoms with Crippen LogP contribution in [0.5, 0.6) is 11.5 Å². The summed E-state index contributed by atoms with van der Waals surface area (Å²) < 4.78 is 16.0. The zero-order valence-electron chi connectivity index (χ0n) is 26.5. The summed E-state index contributed by atoms with van der Waals surface area (Å²) in [5, 5.41) is 8.48. The summed E-state index contributed by atoms with van der Waals surface area (Å²) in [6.07, 6.45) is 0.165. The Morgan fingerprint density at radius 3 is 2.00 bits per heavy atom. The van der Waals surface area contributed by atoms with Crippen LogP contribution in [0.15, 0.2) is 66.7 Å². The van der Waals surface area contributed by atoms with E-state index in [4.69, 9.17) is 14.2 Å². The van der Waals surface area contributed by atoms with Gasteiger partial charge in [0.25, 0.3) is 5.91 Å². The smallest absolute Gasteiger partial charge is 0.412 e. The minimum atomic E-state index is -0.657. The van der Waals surface area contributed by atoms with Gasteiger partial charge in [0, 0.05) is 30.4 Å². The lowest BCUT2D eigenvalue weighted by Gasteiger charge is -2.24. The van der Waals surface area contributed by atoms with Crippen LogP contribution in [0.1, 0.15) is 43.1 Å². The molecule has 0 saturated heterocycles. The molecule has 0 atom stereocenters. The van der Waals surface area contributed by atoms with Gasteiger partial charge < -0.3 is 34.6 Å². The van der Waals surface area contributed by atoms with E-state index in [1.807, 2.05) is 26.2 Å². The highest BCUT2D eigenvalue weighted by Crippen LogP contribution is 2.30. The number of ether oxygens (including phenoxy) is 3. The van der Waals surface area contributed by atoms with Gasteiger partial charge in [-0.2, -0.15) is 0 Å². The molecule has 236 valence electrons. The minimum absolute atomic E-state index is 0.258. The summed E-state index contributed by atoms with van der Waals surface area (Å²) in [6.45, 7) is 7.02. The fraction of sp³-hybridized carbons (Fsp3) is 0.364. The highest BCUT2D eigenvalue weighted by atomic mass is 16.6. The molecule has 3 N–H and O–H groups in total. The summed E-state index contributed by atoms with van der Waals surface area (Å²) in [5.74, 6) is 0.742. The third-order valence-corrected chi connectivity index (χ3v) is 6.36. The number of urea groups is 1. The number of rotatable bonds is 12. The molecule has 0 radical (unpaired) electrons. The predicted octanol–water partition coefficient (Wildman–Crippen LogP) is 6.29. The van der Waals surface area contributed by atoms with E-state index in [0.29, 0.717) is 47.2 Å². The number of hydrogen-bond acceptors (Lipinski definition) is 7. The van der Waals surface area contributed by atoms with Crippen molar-refractivity contribution < 1.29 is 28.6 Å². The van der Waals surface area contributed by atoms with Gasteiger partial charge in [0.15, 0.2) is 11.5 Å². The van der Waals surface area contributed by atoms with Crippen LogP contribution in [0.3, 0.4) is 0 Å². The maximum Gasteiger partial charge on any atom is 0.412 e. The van der Waals surface area contributed by atoms with Crippen molar-refractivity contribution in [3.05, 3.63) is 77.9 Å². The Hall–Kier alpha value is -4.77. The Balaban J connectivity index is 1.70. The van der Waals surface area contributed by atoms with Gasteiger partial charge >= 0.3 is 12.1 Å². The van der Waals surface area contributed by atoms with Crippen molar-refractivity contribution in [2.75, 3.05) is 57.4 Å². The number of hydrogen-bond donors (Lipinski definition) is 3. The van der Waals surface area contributed by atoms with Gasteiger partial charge in [-0.25, -0.2) is 9.59 Å². The van der Waals surface area contributed by atoms with Crippen molar-refractivity contribution in [2.45, 2.75) is 39.3 Å². The van der Waals surface area contributed by atoms with E-state index in [9.17, 15) is 14.4 Å². The minimum Gasteiger partial charge on any atom is -0.493 e. The lowest BCUT2D eigenvalue weighted by atomic mass is 10.1. The summed E-state index contributed by atoms with van der Waals surface area (Å²) in [7, 11) is 7.08. The number of amides is 4. The standard InChI is InChI=1S/C33H43N5O6/c1-33(2,3)44-32(41)36-27-12-9-8-11-26(27)35-30(39)24-15-13-23(14-16-24)22-38(20-10-19-37(4)5)31(40)34-25-17-18-28(42-6)29(21-25)43-7/h8-9,11-18,21H,10,19-20,22H2,1-7H3,(H,34,40)(H,35,39)(H,36,41). The molecule has 3 aromatic carbocycles. The largest absolute Gasteiger partial charge is 0.493 e. The molecule has 3 rings (SSSR count). The highest BCUT2D eigenvalue weighted by Gasteiger charge is 2.19. The molecule has 0 heterocycles. The molecular formula is C33H43N5O6. The molecule has 0 aliphatic carbocycles. The lowest BCUT2D eigenvalue weighted by Crippen LogP contribution is -2.36. The van der Waals surface area contributed by atoms with Gasteiger partial charge in [0.2, 0.25) is 0 Å². The average Bonchev–Trinajstić information content (AvgIpc) is 2.96. The van der Waals surface area contributed by atoms with Gasteiger partial charge in [0.05, 0.1) is 25.6 Å². The third kappa shape index (κ3) is 10.5. The Morgan fingerprint density at radius 2 is 1.41 bits per heavy atom. The fourth-order valence-corrected chi connectivity index (χ4v) is 4.24. The van der Waals surface area contributed by atoms with Crippen LogP contribution >= 0.6 is 0 Å². The zero-order chi connectivity index (χ0) is 32.3. The maximum absolute atomic E-state index is 13.3. The SMILES string of the molecule is COc1ccc(NC(=O)N(CCCN(C)C)Cc2ccc(C(=O)Nc3ccccc3NC(=O)OC(C)(C)C)cc2)cc1OC. The first-order valence-corrected chi connectivity index (χ1v) is 14.3. The average molecular weight is 606 g/mol. The lowest BCUT2D eigenvalue weighted by molar-refractivity contribution is 0.0635. The van der Waals surface area contributed by atoms with E-state index in [1.54, 1.807) is 94.5 Å². The number of para-hydroxylation sites is 2. The van der Waals surface area contributed by atoms with Crippen LogP contribution in [0.2, 0.25) is 0 Å². The normalized spacial score (nSPS) is 11.0. The van der Waals surface area contributed by atoms with Crippen molar-refractivity contribution in [1.82, 2.24) is 9.80 Å². The molecule has 0 saturated carbocycles. The summed E-state index contributed by atoms with van der Waals surface area (Å²) in [6, 6.07) is 18.9. The van der Waals surface area contributed by atoms with E-state index >= 15 is 0 Å². The van der Waals surface area contributed by atoms with Crippen molar-refractivity contribution >= 4 is 35.1 Å². The molecule has 4 amide bonds. The number of anilines is 3. The zero-order valence-corrected chi connectivity index (χ0v) is 26.5. The number of carbonyl (C=O) groups excluding carboxylic acids is 3. The van der Waals surface area contributed by atoms with Crippen molar-refractivity contribution in [2.24, 2.45) is 0 Å². The fourth-order valence-electron chi connectivity index (χ4n) is 4.24. The molecule has 11 heteroatoms. The first kappa shape index (κ1) is 33.7. The van der Waals surface area contributed by atoms with Crippen LogP contribution in [0.25, 0.3) is 0 Å². The predicted molar refractivity (Wildman–Crippen MR) is 173 cm³/mol. The van der Waals surface area contributed by atoms with Gasteiger partial charge in [0.1, 0.15) is 5.60 Å². The van der Waals surface area contributed by atoms with Gasteiger partial charge in [-0.05, 0) is 89.8 Å². The van der Waals surface area contributed by atoms with E-state index in [-0.39, 0.29) is 11.9 Å². The number of carbonyl (C=O) groups is 3. The molecule has 0 aliphatic rings. The van der Waals surface area contributed by atoms with Crippen molar-refractivity contribution in [3.63, 3.8) is 0 Å². The van der Waals surface area contributed by atoms with Crippen LogP contribution < -0.4 is 25.4 Å².